The smallest absolute Gasteiger partial charge is 0.0958 e. The first-order valence-corrected chi connectivity index (χ1v) is 6.55. The molecule has 0 spiro atoms. The summed E-state index contributed by atoms with van der Waals surface area (Å²) in [6.45, 7) is 0.891. The standard InChI is InChI=1S/C15H14ClN3/c16-12-3-1-11(2-4-12)7-8-19-10-18-14-9-13(17)5-6-15(14)19/h1-6,9-10H,7-8,17H2. The number of imidazole rings is 1. The summed E-state index contributed by atoms with van der Waals surface area (Å²) in [6.07, 6.45) is 2.81. The van der Waals surface area contributed by atoms with Gasteiger partial charge in [0, 0.05) is 17.3 Å². The number of halogens is 1. The van der Waals surface area contributed by atoms with Crippen molar-refractivity contribution in [3.05, 3.63) is 59.4 Å². The molecule has 3 rings (SSSR count). The summed E-state index contributed by atoms with van der Waals surface area (Å²) in [6, 6.07) is 13.8. The van der Waals surface area contributed by atoms with E-state index in [2.05, 4.69) is 21.7 Å². The van der Waals surface area contributed by atoms with Crippen LogP contribution in [0.1, 0.15) is 5.56 Å². The minimum Gasteiger partial charge on any atom is -0.399 e. The summed E-state index contributed by atoms with van der Waals surface area (Å²) >= 11 is 5.88. The van der Waals surface area contributed by atoms with E-state index in [4.69, 9.17) is 17.3 Å². The van der Waals surface area contributed by atoms with E-state index in [0.717, 1.165) is 34.7 Å². The van der Waals surface area contributed by atoms with Crippen LogP contribution in [0.15, 0.2) is 48.8 Å². The number of nitrogens with two attached hydrogens (primary N) is 1. The summed E-state index contributed by atoms with van der Waals surface area (Å²) < 4.78 is 2.14. The Hall–Kier alpha value is -2.00. The third-order valence-electron chi connectivity index (χ3n) is 3.20. The number of aromatic nitrogens is 2. The van der Waals surface area contributed by atoms with Crippen LogP contribution in [-0.2, 0) is 13.0 Å². The molecule has 0 bridgehead atoms. The highest BCUT2D eigenvalue weighted by atomic mass is 35.5. The quantitative estimate of drug-likeness (QED) is 0.741. The summed E-state index contributed by atoms with van der Waals surface area (Å²) in [5.74, 6) is 0. The molecular weight excluding hydrogens is 258 g/mol. The fourth-order valence-corrected chi connectivity index (χ4v) is 2.29. The van der Waals surface area contributed by atoms with Crippen LogP contribution in [0.25, 0.3) is 11.0 Å². The SMILES string of the molecule is Nc1ccc2c(c1)ncn2CCc1ccc(Cl)cc1. The van der Waals surface area contributed by atoms with Gasteiger partial charge in [-0.25, -0.2) is 4.98 Å². The molecule has 2 N–H and O–H groups in total. The van der Waals surface area contributed by atoms with Crippen molar-refractivity contribution in [3.8, 4) is 0 Å². The van der Waals surface area contributed by atoms with Crippen LogP contribution in [0.5, 0.6) is 0 Å². The predicted octanol–water partition coefficient (Wildman–Crippen LogP) is 3.51. The van der Waals surface area contributed by atoms with Gasteiger partial charge in [0.05, 0.1) is 17.4 Å². The van der Waals surface area contributed by atoms with Gasteiger partial charge in [0.2, 0.25) is 0 Å². The number of aryl methyl sites for hydroxylation is 2. The normalized spacial score (nSPS) is 11.0. The topological polar surface area (TPSA) is 43.8 Å². The van der Waals surface area contributed by atoms with Gasteiger partial charge in [-0.2, -0.15) is 0 Å². The van der Waals surface area contributed by atoms with Gasteiger partial charge in [0.15, 0.2) is 0 Å². The third kappa shape index (κ3) is 2.56. The van der Waals surface area contributed by atoms with E-state index in [1.54, 1.807) is 0 Å². The van der Waals surface area contributed by atoms with Gasteiger partial charge in [-0.05, 0) is 42.3 Å². The number of hydrogen-bond donors (Lipinski definition) is 1. The molecule has 0 unspecified atom stereocenters. The number of fused-ring (bicyclic) bond motifs is 1. The molecule has 19 heavy (non-hydrogen) atoms. The highest BCUT2D eigenvalue weighted by molar-refractivity contribution is 6.30. The molecule has 0 radical (unpaired) electrons. The number of benzene rings is 2. The van der Waals surface area contributed by atoms with E-state index in [-0.39, 0.29) is 0 Å². The van der Waals surface area contributed by atoms with Gasteiger partial charge in [-0.1, -0.05) is 23.7 Å². The van der Waals surface area contributed by atoms with Crippen molar-refractivity contribution in [2.75, 3.05) is 5.73 Å². The number of rotatable bonds is 3. The fraction of sp³-hybridized carbons (Fsp3) is 0.133. The molecule has 0 aliphatic heterocycles. The molecule has 2 aromatic carbocycles. The first kappa shape index (κ1) is 12.1. The summed E-state index contributed by atoms with van der Waals surface area (Å²) in [5, 5.41) is 0.771. The van der Waals surface area contributed by atoms with Crippen LogP contribution in [-0.4, -0.2) is 9.55 Å². The largest absolute Gasteiger partial charge is 0.399 e. The number of nitrogens with zero attached hydrogens (tertiary/aromatic N) is 2. The number of anilines is 1. The molecule has 0 amide bonds. The van der Waals surface area contributed by atoms with Crippen molar-refractivity contribution in [1.29, 1.82) is 0 Å². The van der Waals surface area contributed by atoms with Crippen LogP contribution in [0.2, 0.25) is 5.02 Å². The molecule has 0 saturated carbocycles. The second kappa shape index (κ2) is 4.94. The molecule has 1 heterocycles. The minimum atomic E-state index is 0.746. The molecule has 4 heteroatoms. The average Bonchev–Trinajstić information content (AvgIpc) is 2.80. The van der Waals surface area contributed by atoms with Crippen LogP contribution in [0.3, 0.4) is 0 Å². The van der Waals surface area contributed by atoms with Crippen molar-refractivity contribution in [1.82, 2.24) is 9.55 Å². The van der Waals surface area contributed by atoms with Gasteiger partial charge < -0.3 is 10.3 Å². The molecule has 3 nitrogen and oxygen atoms in total. The Morgan fingerprint density at radius 2 is 1.89 bits per heavy atom. The lowest BCUT2D eigenvalue weighted by atomic mass is 10.1. The third-order valence-corrected chi connectivity index (χ3v) is 3.45. The predicted molar refractivity (Wildman–Crippen MR) is 79.3 cm³/mol. The summed E-state index contributed by atoms with van der Waals surface area (Å²) in [4.78, 5) is 4.37. The first-order valence-electron chi connectivity index (χ1n) is 6.17. The molecule has 96 valence electrons. The highest BCUT2D eigenvalue weighted by Crippen LogP contribution is 2.17. The zero-order valence-corrected chi connectivity index (χ0v) is 11.1. The van der Waals surface area contributed by atoms with Crippen LogP contribution >= 0.6 is 11.6 Å². The molecule has 3 aromatic rings. The monoisotopic (exact) mass is 271 g/mol. The van der Waals surface area contributed by atoms with Crippen molar-refractivity contribution in [2.24, 2.45) is 0 Å². The van der Waals surface area contributed by atoms with E-state index >= 15 is 0 Å². The van der Waals surface area contributed by atoms with Crippen LogP contribution in [0.4, 0.5) is 5.69 Å². The van der Waals surface area contributed by atoms with Crippen LogP contribution < -0.4 is 5.73 Å². The Morgan fingerprint density at radius 1 is 1.11 bits per heavy atom. The zero-order valence-electron chi connectivity index (χ0n) is 10.4. The van der Waals surface area contributed by atoms with Crippen LogP contribution in [0, 0.1) is 0 Å². The van der Waals surface area contributed by atoms with Gasteiger partial charge >= 0.3 is 0 Å². The second-order valence-electron chi connectivity index (χ2n) is 4.56. The van der Waals surface area contributed by atoms with E-state index in [1.165, 1.54) is 5.56 Å². The van der Waals surface area contributed by atoms with Crippen molar-refractivity contribution >= 4 is 28.3 Å². The molecular formula is C15H14ClN3. The van der Waals surface area contributed by atoms with Gasteiger partial charge in [-0.3, -0.25) is 0 Å². The Labute approximate surface area is 116 Å². The maximum Gasteiger partial charge on any atom is 0.0958 e. The highest BCUT2D eigenvalue weighted by Gasteiger charge is 2.03. The van der Waals surface area contributed by atoms with E-state index in [1.807, 2.05) is 36.7 Å². The number of hydrogen-bond acceptors (Lipinski definition) is 2. The number of nitrogen functional groups attached to an aromatic ring is 1. The molecule has 0 atom stereocenters. The molecule has 0 aliphatic rings. The Morgan fingerprint density at radius 3 is 2.68 bits per heavy atom. The van der Waals surface area contributed by atoms with Crippen molar-refractivity contribution in [2.45, 2.75) is 13.0 Å². The second-order valence-corrected chi connectivity index (χ2v) is 5.00. The van der Waals surface area contributed by atoms with Gasteiger partial charge in [0.25, 0.3) is 0 Å². The van der Waals surface area contributed by atoms with E-state index in [0.29, 0.717) is 0 Å². The molecule has 0 aliphatic carbocycles. The lowest BCUT2D eigenvalue weighted by Crippen LogP contribution is -1.99. The Kier molecular flexibility index (Phi) is 3.13. The lowest BCUT2D eigenvalue weighted by Gasteiger charge is -2.05. The van der Waals surface area contributed by atoms with Crippen molar-refractivity contribution in [3.63, 3.8) is 0 Å². The van der Waals surface area contributed by atoms with Gasteiger partial charge in [-0.15, -0.1) is 0 Å². The first-order chi connectivity index (χ1) is 9.22. The maximum atomic E-state index is 5.88. The summed E-state index contributed by atoms with van der Waals surface area (Å²) in [7, 11) is 0. The lowest BCUT2D eigenvalue weighted by molar-refractivity contribution is 0.716. The molecule has 1 aromatic heterocycles. The zero-order chi connectivity index (χ0) is 13.2. The minimum absolute atomic E-state index is 0.746. The maximum absolute atomic E-state index is 5.88. The summed E-state index contributed by atoms with van der Waals surface area (Å²) in [5.41, 5.74) is 9.82. The molecule has 0 saturated heterocycles. The van der Waals surface area contributed by atoms with E-state index in [9.17, 15) is 0 Å². The van der Waals surface area contributed by atoms with Crippen molar-refractivity contribution < 1.29 is 0 Å². The van der Waals surface area contributed by atoms with Gasteiger partial charge in [0.1, 0.15) is 0 Å². The Bertz CT molecular complexity index is 701. The fourth-order valence-electron chi connectivity index (χ4n) is 2.16. The van der Waals surface area contributed by atoms with E-state index < -0.39 is 0 Å². The Balaban J connectivity index is 1.80. The molecule has 0 fully saturated rings. The average molecular weight is 272 g/mol.